The van der Waals surface area contributed by atoms with Crippen molar-refractivity contribution in [3.63, 3.8) is 0 Å². The van der Waals surface area contributed by atoms with Gasteiger partial charge >= 0.3 is 0 Å². The van der Waals surface area contributed by atoms with Gasteiger partial charge in [-0.1, -0.05) is 66.2 Å². The van der Waals surface area contributed by atoms with Crippen LogP contribution in [0.5, 0.6) is 11.5 Å². The molecule has 0 radical (unpaired) electrons. The van der Waals surface area contributed by atoms with Crippen LogP contribution >= 0.6 is 11.6 Å². The second-order valence-electron chi connectivity index (χ2n) is 8.82. The van der Waals surface area contributed by atoms with Crippen molar-refractivity contribution in [2.24, 2.45) is 0 Å². The van der Waals surface area contributed by atoms with Crippen LogP contribution in [0, 0.1) is 6.92 Å². The van der Waals surface area contributed by atoms with Crippen molar-refractivity contribution in [3.05, 3.63) is 106 Å². The zero-order valence-electron chi connectivity index (χ0n) is 20.9. The summed E-state index contributed by atoms with van der Waals surface area (Å²) in [5, 5.41) is 15.1. The molecule has 6 nitrogen and oxygen atoms in total. The number of benzene rings is 3. The largest absolute Gasteiger partial charge is 0.493 e. The molecular weight excluding hydrogens is 474 g/mol. The van der Waals surface area contributed by atoms with Gasteiger partial charge in [0.05, 0.1) is 25.1 Å². The van der Waals surface area contributed by atoms with Crippen LogP contribution in [0.2, 0.25) is 5.15 Å². The topological polar surface area (TPSA) is 59.8 Å². The fourth-order valence-corrected chi connectivity index (χ4v) is 4.50. The number of aliphatic hydroxyl groups is 1. The molecule has 0 aliphatic carbocycles. The molecule has 0 unspecified atom stereocenters. The first-order valence-electron chi connectivity index (χ1n) is 11.9. The number of likely N-dealkylation sites (N-methyl/N-ethyl adjacent to an activating group) is 1. The fourth-order valence-electron chi connectivity index (χ4n) is 4.18. The molecule has 1 N–H and O–H groups in total. The lowest BCUT2D eigenvalue weighted by Gasteiger charge is -2.27. The van der Waals surface area contributed by atoms with E-state index in [-0.39, 0.29) is 19.3 Å². The molecule has 0 spiro atoms. The van der Waals surface area contributed by atoms with E-state index in [0.29, 0.717) is 23.2 Å². The first-order chi connectivity index (χ1) is 17.5. The smallest absolute Gasteiger partial charge is 0.161 e. The van der Waals surface area contributed by atoms with Gasteiger partial charge in [0, 0.05) is 18.2 Å². The summed E-state index contributed by atoms with van der Waals surface area (Å²) in [4.78, 5) is 2.16. The summed E-state index contributed by atoms with van der Waals surface area (Å²) in [6.45, 7) is 2.95. The predicted octanol–water partition coefficient (Wildman–Crippen LogP) is 5.46. The molecule has 0 fully saturated rings. The highest BCUT2D eigenvalue weighted by molar-refractivity contribution is 6.30. The van der Waals surface area contributed by atoms with Crippen LogP contribution in [0.1, 0.15) is 22.4 Å². The molecule has 4 rings (SSSR count). The van der Waals surface area contributed by atoms with Crippen LogP contribution in [0.15, 0.2) is 78.9 Å². The third kappa shape index (κ3) is 6.08. The lowest BCUT2D eigenvalue weighted by atomic mass is 10.0. The number of ether oxygens (including phenoxy) is 2. The number of halogens is 1. The maximum Gasteiger partial charge on any atom is 0.161 e. The maximum atomic E-state index is 9.97. The summed E-state index contributed by atoms with van der Waals surface area (Å²) in [6.07, 6.45) is 0.781. The SMILES string of the molecule is COc1cc(CN(C)[C@H](CO)Cc2ccccc2)ccc1OCc1c(C)nn(-c2ccccc2)c1Cl. The molecule has 0 aliphatic rings. The summed E-state index contributed by atoms with van der Waals surface area (Å²) in [5.74, 6) is 1.28. The van der Waals surface area contributed by atoms with Crippen molar-refractivity contribution in [1.29, 1.82) is 0 Å². The molecule has 4 aromatic rings. The van der Waals surface area contributed by atoms with E-state index in [2.05, 4.69) is 22.1 Å². The third-order valence-corrected chi connectivity index (χ3v) is 6.69. The van der Waals surface area contributed by atoms with E-state index in [1.807, 2.05) is 80.7 Å². The van der Waals surface area contributed by atoms with Gasteiger partial charge in [0.15, 0.2) is 11.5 Å². The van der Waals surface area contributed by atoms with Gasteiger partial charge in [-0.05, 0) is 55.8 Å². The molecule has 1 aromatic heterocycles. The Bertz CT molecular complexity index is 1260. The van der Waals surface area contributed by atoms with E-state index in [1.54, 1.807) is 11.8 Å². The number of hydrogen-bond acceptors (Lipinski definition) is 5. The van der Waals surface area contributed by atoms with E-state index in [4.69, 9.17) is 21.1 Å². The highest BCUT2D eigenvalue weighted by Gasteiger charge is 2.18. The Kier molecular flexibility index (Phi) is 8.65. The van der Waals surface area contributed by atoms with Gasteiger partial charge in [0.2, 0.25) is 0 Å². The van der Waals surface area contributed by atoms with Crippen molar-refractivity contribution in [3.8, 4) is 17.2 Å². The molecule has 0 saturated carbocycles. The Balaban J connectivity index is 1.44. The third-order valence-electron chi connectivity index (χ3n) is 6.30. The Morgan fingerprint density at radius 1 is 0.972 bits per heavy atom. The highest BCUT2D eigenvalue weighted by Crippen LogP contribution is 2.31. The first kappa shape index (κ1) is 25.8. The Hall–Kier alpha value is -3.32. The average Bonchev–Trinajstić information content (AvgIpc) is 3.20. The van der Waals surface area contributed by atoms with Gasteiger partial charge in [-0.3, -0.25) is 4.90 Å². The number of hydrogen-bond donors (Lipinski definition) is 1. The van der Waals surface area contributed by atoms with Crippen LogP contribution in [-0.2, 0) is 19.6 Å². The van der Waals surface area contributed by atoms with Crippen LogP contribution in [0.4, 0.5) is 0 Å². The van der Waals surface area contributed by atoms with Crippen molar-refractivity contribution >= 4 is 11.6 Å². The molecule has 3 aromatic carbocycles. The number of methoxy groups -OCH3 is 1. The second-order valence-corrected chi connectivity index (χ2v) is 9.18. The molecule has 36 heavy (non-hydrogen) atoms. The maximum absolute atomic E-state index is 9.97. The summed E-state index contributed by atoms with van der Waals surface area (Å²) in [6, 6.07) is 25.9. The van der Waals surface area contributed by atoms with E-state index in [1.165, 1.54) is 5.56 Å². The monoisotopic (exact) mass is 505 g/mol. The van der Waals surface area contributed by atoms with Crippen LogP contribution in [-0.4, -0.2) is 46.6 Å². The number of aliphatic hydroxyl groups excluding tert-OH is 1. The average molecular weight is 506 g/mol. The molecule has 188 valence electrons. The lowest BCUT2D eigenvalue weighted by Crippen LogP contribution is -2.36. The highest BCUT2D eigenvalue weighted by atomic mass is 35.5. The van der Waals surface area contributed by atoms with Gasteiger partial charge in [-0.15, -0.1) is 0 Å². The summed E-state index contributed by atoms with van der Waals surface area (Å²) < 4.78 is 13.5. The van der Waals surface area contributed by atoms with E-state index in [9.17, 15) is 5.11 Å². The van der Waals surface area contributed by atoms with Crippen molar-refractivity contribution in [2.45, 2.75) is 32.5 Å². The summed E-state index contributed by atoms with van der Waals surface area (Å²) >= 11 is 6.65. The molecule has 1 atom stereocenters. The molecule has 0 bridgehead atoms. The summed E-state index contributed by atoms with van der Waals surface area (Å²) in [5.41, 5.74) is 4.82. The number of aromatic nitrogens is 2. The Morgan fingerprint density at radius 2 is 1.67 bits per heavy atom. The van der Waals surface area contributed by atoms with Gasteiger partial charge in [-0.25, -0.2) is 4.68 Å². The predicted molar refractivity (Wildman–Crippen MR) is 143 cm³/mol. The first-order valence-corrected chi connectivity index (χ1v) is 12.3. The van der Waals surface area contributed by atoms with E-state index >= 15 is 0 Å². The number of aryl methyl sites for hydroxylation is 1. The number of para-hydroxylation sites is 1. The minimum absolute atomic E-state index is 0.0144. The number of rotatable bonds is 11. The van der Waals surface area contributed by atoms with Crippen molar-refractivity contribution in [1.82, 2.24) is 14.7 Å². The zero-order valence-corrected chi connectivity index (χ0v) is 21.7. The van der Waals surface area contributed by atoms with Crippen LogP contribution in [0.3, 0.4) is 0 Å². The Morgan fingerprint density at radius 3 is 2.33 bits per heavy atom. The molecular formula is C29H32ClN3O3. The minimum Gasteiger partial charge on any atom is -0.493 e. The van der Waals surface area contributed by atoms with Gasteiger partial charge < -0.3 is 14.6 Å². The lowest BCUT2D eigenvalue weighted by molar-refractivity contribution is 0.141. The molecule has 0 amide bonds. The number of nitrogens with zero attached hydrogens (tertiary/aromatic N) is 3. The van der Waals surface area contributed by atoms with E-state index in [0.717, 1.165) is 28.9 Å². The molecule has 0 saturated heterocycles. The minimum atomic E-state index is 0.0144. The quantitative estimate of drug-likeness (QED) is 0.293. The van der Waals surface area contributed by atoms with Crippen molar-refractivity contribution in [2.75, 3.05) is 20.8 Å². The van der Waals surface area contributed by atoms with Gasteiger partial charge in [-0.2, -0.15) is 5.10 Å². The molecule has 7 heteroatoms. The van der Waals surface area contributed by atoms with Crippen LogP contribution in [0.25, 0.3) is 5.69 Å². The standard InChI is InChI=1S/C29H32ClN3O3/c1-21-26(29(30)33(31-21)24-12-8-5-9-13-24)20-36-27-15-14-23(17-28(27)35-3)18-32(2)25(19-34)16-22-10-6-4-7-11-22/h4-15,17,25,34H,16,18-20H2,1-3H3/t25-/m0/s1. The Labute approximate surface area is 217 Å². The van der Waals surface area contributed by atoms with Gasteiger partial charge in [0.25, 0.3) is 0 Å². The van der Waals surface area contributed by atoms with Crippen LogP contribution < -0.4 is 9.47 Å². The van der Waals surface area contributed by atoms with E-state index < -0.39 is 0 Å². The van der Waals surface area contributed by atoms with Crippen molar-refractivity contribution < 1.29 is 14.6 Å². The second kappa shape index (κ2) is 12.1. The normalized spacial score (nSPS) is 12.1. The molecule has 1 heterocycles. The summed E-state index contributed by atoms with van der Waals surface area (Å²) in [7, 11) is 3.66. The zero-order chi connectivity index (χ0) is 25.5. The molecule has 0 aliphatic heterocycles. The van der Waals surface area contributed by atoms with Gasteiger partial charge in [0.1, 0.15) is 11.8 Å². The fraction of sp³-hybridized carbons (Fsp3) is 0.276.